The standard InChI is InChI=1S/C61H88O5Si2/c1-8-9-10-11-12-16-19-34-45-59(66-68(61(5,6)7,56-41-30-24-31-42-56)57-43-32-25-33-44-57)65-53-47-46-52(51-62)58(50-53)63-48-35-20-17-14-13-15-18-21-36-49-64-67(60(2,3)4,54-37-26-22-27-38-54)55-39-28-23-29-40-55/h22-33,37-44,46-47,50,59,62H,8-21,34-36,45,48-49,51H2,1-7H3. The summed E-state index contributed by atoms with van der Waals surface area (Å²) in [5.41, 5.74) is 0.779. The lowest BCUT2D eigenvalue weighted by molar-refractivity contribution is -0.0107. The Kier molecular flexibility index (Phi) is 23.1. The van der Waals surface area contributed by atoms with Gasteiger partial charge in [0, 0.05) is 24.7 Å². The lowest BCUT2D eigenvalue weighted by Gasteiger charge is -2.45. The Morgan fingerprint density at radius 2 is 0.853 bits per heavy atom. The minimum Gasteiger partial charge on any atom is -0.493 e. The van der Waals surface area contributed by atoms with Crippen LogP contribution in [0.2, 0.25) is 10.1 Å². The van der Waals surface area contributed by atoms with Gasteiger partial charge in [0.25, 0.3) is 16.6 Å². The molecule has 0 aliphatic rings. The molecule has 0 aliphatic heterocycles. The van der Waals surface area contributed by atoms with Crippen molar-refractivity contribution < 1.29 is 23.4 Å². The van der Waals surface area contributed by atoms with E-state index in [-0.39, 0.29) is 16.7 Å². The Hall–Kier alpha value is -3.99. The number of hydrogen-bond donors (Lipinski definition) is 1. The molecule has 5 nitrogen and oxygen atoms in total. The summed E-state index contributed by atoms with van der Waals surface area (Å²) in [7, 11) is -5.34. The van der Waals surface area contributed by atoms with Crippen molar-refractivity contribution in [1.29, 1.82) is 0 Å². The molecular weight excluding hydrogens is 869 g/mol. The zero-order valence-corrected chi connectivity index (χ0v) is 45.3. The van der Waals surface area contributed by atoms with Gasteiger partial charge in [-0.15, -0.1) is 0 Å². The quantitative estimate of drug-likeness (QED) is 0.0264. The summed E-state index contributed by atoms with van der Waals surface area (Å²) in [6, 6.07) is 49.5. The molecule has 7 heteroatoms. The SMILES string of the molecule is CCCCCCCCCCC(Oc1ccc(CO)c(OCCCCCCCCCCCO[Si](c2ccccc2)(c2ccccc2)C(C)(C)C)c1)O[Si](c1ccccc1)(c1ccccc1)C(C)(C)C. The average molecular weight is 958 g/mol. The molecule has 0 radical (unpaired) electrons. The van der Waals surface area contributed by atoms with Crippen molar-refractivity contribution in [2.45, 2.75) is 187 Å². The summed E-state index contributed by atoms with van der Waals surface area (Å²) in [4.78, 5) is 0. The van der Waals surface area contributed by atoms with E-state index >= 15 is 0 Å². The minimum atomic E-state index is -2.87. The largest absolute Gasteiger partial charge is 0.493 e. The van der Waals surface area contributed by atoms with Gasteiger partial charge in [0.1, 0.15) is 11.5 Å². The minimum absolute atomic E-state index is 0.0130. The van der Waals surface area contributed by atoms with E-state index in [4.69, 9.17) is 18.3 Å². The van der Waals surface area contributed by atoms with Crippen molar-refractivity contribution in [2.75, 3.05) is 13.2 Å². The number of ether oxygens (including phenoxy) is 2. The topological polar surface area (TPSA) is 57.2 Å². The predicted molar refractivity (Wildman–Crippen MR) is 293 cm³/mol. The molecule has 0 amide bonds. The number of aliphatic hydroxyl groups excluding tert-OH is 1. The summed E-state index contributed by atoms with van der Waals surface area (Å²) in [5.74, 6) is 1.41. The van der Waals surface area contributed by atoms with Crippen LogP contribution in [0.5, 0.6) is 11.5 Å². The first kappa shape index (κ1) is 54.9. The maximum absolute atomic E-state index is 10.3. The van der Waals surface area contributed by atoms with E-state index in [0.717, 1.165) is 50.7 Å². The first-order valence-corrected chi connectivity index (χ1v) is 30.3. The Morgan fingerprint density at radius 1 is 0.456 bits per heavy atom. The van der Waals surface area contributed by atoms with Crippen LogP contribution in [-0.4, -0.2) is 41.2 Å². The highest BCUT2D eigenvalue weighted by molar-refractivity contribution is 7.00. The fraction of sp³-hybridized carbons (Fsp3) is 0.508. The van der Waals surface area contributed by atoms with Gasteiger partial charge < -0.3 is 23.4 Å². The van der Waals surface area contributed by atoms with Crippen LogP contribution in [0, 0.1) is 0 Å². The first-order chi connectivity index (χ1) is 33.0. The van der Waals surface area contributed by atoms with Crippen LogP contribution < -0.4 is 30.2 Å². The summed E-state index contributed by atoms with van der Waals surface area (Å²) < 4.78 is 28.0. The van der Waals surface area contributed by atoms with E-state index in [1.165, 1.54) is 97.8 Å². The highest BCUT2D eigenvalue weighted by atomic mass is 28.4. The molecule has 0 fully saturated rings. The van der Waals surface area contributed by atoms with E-state index in [2.05, 4.69) is 170 Å². The number of aliphatic hydroxyl groups is 1. The van der Waals surface area contributed by atoms with Crippen LogP contribution in [-0.2, 0) is 15.5 Å². The lowest BCUT2D eigenvalue weighted by Crippen LogP contribution is -2.68. The molecule has 1 atom stereocenters. The van der Waals surface area contributed by atoms with Gasteiger partial charge in [-0.05, 0) is 62.2 Å². The second-order valence-electron chi connectivity index (χ2n) is 21.1. The predicted octanol–water partition coefficient (Wildman–Crippen LogP) is 14.5. The van der Waals surface area contributed by atoms with E-state index in [0.29, 0.717) is 18.1 Å². The van der Waals surface area contributed by atoms with Gasteiger partial charge in [0.05, 0.1) is 13.2 Å². The number of benzene rings is 5. The van der Waals surface area contributed by atoms with Crippen molar-refractivity contribution in [3.63, 3.8) is 0 Å². The van der Waals surface area contributed by atoms with Crippen LogP contribution in [0.4, 0.5) is 0 Å². The highest BCUT2D eigenvalue weighted by Crippen LogP contribution is 2.39. The third kappa shape index (κ3) is 15.8. The van der Waals surface area contributed by atoms with Crippen molar-refractivity contribution >= 4 is 37.4 Å². The number of unbranched alkanes of at least 4 members (excludes halogenated alkanes) is 15. The molecule has 68 heavy (non-hydrogen) atoms. The zero-order valence-electron chi connectivity index (χ0n) is 43.3. The average Bonchev–Trinajstić information content (AvgIpc) is 3.34. The van der Waals surface area contributed by atoms with Crippen molar-refractivity contribution in [3.05, 3.63) is 145 Å². The molecule has 0 heterocycles. The lowest BCUT2D eigenvalue weighted by atomic mass is 10.1. The Labute approximate surface area is 415 Å². The van der Waals surface area contributed by atoms with Crippen LogP contribution in [0.25, 0.3) is 0 Å². The van der Waals surface area contributed by atoms with Gasteiger partial charge in [-0.1, -0.05) is 260 Å². The van der Waals surface area contributed by atoms with Crippen LogP contribution >= 0.6 is 0 Å². The van der Waals surface area contributed by atoms with E-state index < -0.39 is 22.9 Å². The molecule has 0 aromatic heterocycles. The fourth-order valence-corrected chi connectivity index (χ4v) is 19.3. The van der Waals surface area contributed by atoms with Crippen molar-refractivity contribution in [1.82, 2.24) is 0 Å². The Bertz CT molecular complexity index is 2000. The maximum Gasteiger partial charge on any atom is 0.265 e. The summed E-state index contributed by atoms with van der Waals surface area (Å²) >= 11 is 0. The number of rotatable bonds is 32. The van der Waals surface area contributed by atoms with Gasteiger partial charge >= 0.3 is 0 Å². The van der Waals surface area contributed by atoms with Gasteiger partial charge in [-0.25, -0.2) is 0 Å². The molecule has 370 valence electrons. The third-order valence-corrected chi connectivity index (χ3v) is 23.8. The normalized spacial score (nSPS) is 12.8. The molecule has 0 saturated carbocycles. The smallest absolute Gasteiger partial charge is 0.265 e. The Morgan fingerprint density at radius 3 is 1.28 bits per heavy atom. The van der Waals surface area contributed by atoms with Crippen LogP contribution in [0.3, 0.4) is 0 Å². The molecule has 0 saturated heterocycles. The second-order valence-corrected chi connectivity index (χ2v) is 29.6. The molecule has 1 N–H and O–H groups in total. The fourth-order valence-electron chi connectivity index (χ4n) is 10.1. The van der Waals surface area contributed by atoms with Gasteiger partial charge in [0.2, 0.25) is 0 Å². The first-order valence-electron chi connectivity index (χ1n) is 26.5. The number of hydrogen-bond acceptors (Lipinski definition) is 5. The second kappa shape index (κ2) is 28.6. The molecule has 5 aromatic carbocycles. The van der Waals surface area contributed by atoms with Crippen LogP contribution in [0.15, 0.2) is 140 Å². The van der Waals surface area contributed by atoms with Gasteiger partial charge in [-0.2, -0.15) is 0 Å². The molecular formula is C61H88O5Si2. The molecule has 0 bridgehead atoms. The van der Waals surface area contributed by atoms with Crippen molar-refractivity contribution in [2.24, 2.45) is 0 Å². The van der Waals surface area contributed by atoms with E-state index in [1.54, 1.807) is 0 Å². The summed E-state index contributed by atoms with van der Waals surface area (Å²) in [6.07, 6.45) is 20.9. The highest BCUT2D eigenvalue weighted by Gasteiger charge is 2.52. The van der Waals surface area contributed by atoms with Crippen molar-refractivity contribution in [3.8, 4) is 11.5 Å². The summed E-state index contributed by atoms with van der Waals surface area (Å²) in [6.45, 7) is 17.6. The van der Waals surface area contributed by atoms with E-state index in [9.17, 15) is 5.11 Å². The van der Waals surface area contributed by atoms with E-state index in [1.807, 2.05) is 18.2 Å². The third-order valence-electron chi connectivity index (χ3n) is 13.8. The molecule has 1 unspecified atom stereocenters. The molecule has 5 rings (SSSR count). The molecule has 0 aliphatic carbocycles. The monoisotopic (exact) mass is 957 g/mol. The van der Waals surface area contributed by atoms with Gasteiger partial charge in [-0.3, -0.25) is 0 Å². The molecule has 5 aromatic rings. The van der Waals surface area contributed by atoms with Gasteiger partial charge in [0.15, 0.2) is 6.29 Å². The summed E-state index contributed by atoms with van der Waals surface area (Å²) in [5, 5.41) is 15.4. The van der Waals surface area contributed by atoms with Crippen LogP contribution in [0.1, 0.15) is 170 Å². The maximum atomic E-state index is 10.3. The Balaban J connectivity index is 1.11. The zero-order chi connectivity index (χ0) is 48.6. The molecule has 0 spiro atoms.